The van der Waals surface area contributed by atoms with Gasteiger partial charge in [0.15, 0.2) is 5.75 Å². The van der Waals surface area contributed by atoms with Gasteiger partial charge in [-0.15, -0.1) is 0 Å². The number of hydrogen-bond donors (Lipinski definition) is 1. The van der Waals surface area contributed by atoms with Crippen molar-refractivity contribution in [3.05, 3.63) is 32.3 Å². The SMILES string of the molecule is CCCN(CCC)Cc1nc2c(O)c(Cl)cc(Cl)c2c(=O)n1CCC. The summed E-state index contributed by atoms with van der Waals surface area (Å²) < 4.78 is 1.67. The van der Waals surface area contributed by atoms with E-state index in [-0.39, 0.29) is 32.3 Å². The van der Waals surface area contributed by atoms with Gasteiger partial charge in [0.1, 0.15) is 11.3 Å². The third kappa shape index (κ3) is 4.27. The minimum atomic E-state index is -0.230. The summed E-state index contributed by atoms with van der Waals surface area (Å²) in [6.45, 7) is 9.23. The highest BCUT2D eigenvalue weighted by Gasteiger charge is 2.19. The van der Waals surface area contributed by atoms with E-state index in [0.717, 1.165) is 32.4 Å². The Morgan fingerprint density at radius 2 is 1.76 bits per heavy atom. The molecule has 0 fully saturated rings. The fourth-order valence-corrected chi connectivity index (χ4v) is 3.56. The predicted octanol–water partition coefficient (Wildman–Crippen LogP) is 4.44. The molecule has 0 bridgehead atoms. The summed E-state index contributed by atoms with van der Waals surface area (Å²) in [5.74, 6) is 0.440. The number of halogens is 2. The van der Waals surface area contributed by atoms with Crippen LogP contribution in [0.5, 0.6) is 5.75 Å². The van der Waals surface area contributed by atoms with Crippen LogP contribution in [0.4, 0.5) is 0 Å². The van der Waals surface area contributed by atoms with Crippen molar-refractivity contribution in [2.45, 2.75) is 53.1 Å². The van der Waals surface area contributed by atoms with E-state index in [0.29, 0.717) is 18.9 Å². The van der Waals surface area contributed by atoms with Crippen LogP contribution in [0.3, 0.4) is 0 Å². The summed E-state index contributed by atoms with van der Waals surface area (Å²) in [7, 11) is 0. The Bertz CT molecular complexity index is 799. The van der Waals surface area contributed by atoms with Crippen molar-refractivity contribution in [3.8, 4) is 5.75 Å². The first-order valence-electron chi connectivity index (χ1n) is 8.77. The van der Waals surface area contributed by atoms with Gasteiger partial charge in [0.05, 0.1) is 22.0 Å². The fourth-order valence-electron chi connectivity index (χ4n) is 3.03. The molecule has 0 aliphatic rings. The first-order chi connectivity index (χ1) is 11.9. The Morgan fingerprint density at radius 1 is 1.12 bits per heavy atom. The van der Waals surface area contributed by atoms with Crippen molar-refractivity contribution in [2.75, 3.05) is 13.1 Å². The van der Waals surface area contributed by atoms with Crippen LogP contribution in [-0.2, 0) is 13.1 Å². The maximum absolute atomic E-state index is 13.0. The summed E-state index contributed by atoms with van der Waals surface area (Å²) in [5, 5.41) is 10.8. The number of phenols is 1. The number of aromatic nitrogens is 2. The molecule has 2 aromatic rings. The lowest BCUT2D eigenvalue weighted by Gasteiger charge is -2.23. The van der Waals surface area contributed by atoms with Gasteiger partial charge in [-0.2, -0.15) is 0 Å². The molecule has 1 aromatic heterocycles. The lowest BCUT2D eigenvalue weighted by molar-refractivity contribution is 0.254. The van der Waals surface area contributed by atoms with E-state index in [2.05, 4.69) is 23.7 Å². The zero-order valence-corrected chi connectivity index (χ0v) is 16.5. The van der Waals surface area contributed by atoms with Crippen molar-refractivity contribution >= 4 is 34.1 Å². The van der Waals surface area contributed by atoms with Crippen LogP contribution < -0.4 is 5.56 Å². The number of rotatable bonds is 8. The molecule has 0 aliphatic carbocycles. The van der Waals surface area contributed by atoms with E-state index in [4.69, 9.17) is 23.2 Å². The van der Waals surface area contributed by atoms with Crippen LogP contribution in [0.2, 0.25) is 10.0 Å². The maximum Gasteiger partial charge on any atom is 0.263 e. The fraction of sp³-hybridized carbons (Fsp3) is 0.556. The second-order valence-corrected chi connectivity index (χ2v) is 6.99. The van der Waals surface area contributed by atoms with Gasteiger partial charge in [-0.05, 0) is 38.4 Å². The van der Waals surface area contributed by atoms with Gasteiger partial charge in [0, 0.05) is 6.54 Å². The Balaban J connectivity index is 2.67. The zero-order chi connectivity index (χ0) is 18.6. The topological polar surface area (TPSA) is 58.4 Å². The van der Waals surface area contributed by atoms with Crippen molar-refractivity contribution in [1.82, 2.24) is 14.5 Å². The van der Waals surface area contributed by atoms with E-state index in [1.165, 1.54) is 6.07 Å². The molecule has 0 radical (unpaired) electrons. The van der Waals surface area contributed by atoms with E-state index >= 15 is 0 Å². The second kappa shape index (κ2) is 8.88. The van der Waals surface area contributed by atoms with E-state index in [1.54, 1.807) is 4.57 Å². The molecule has 25 heavy (non-hydrogen) atoms. The largest absolute Gasteiger partial charge is 0.504 e. The van der Waals surface area contributed by atoms with Crippen LogP contribution in [0, 0.1) is 0 Å². The first kappa shape index (κ1) is 20.0. The molecule has 0 atom stereocenters. The Morgan fingerprint density at radius 3 is 2.32 bits per heavy atom. The summed E-state index contributed by atoms with van der Waals surface area (Å²) >= 11 is 12.2. The molecule has 0 saturated heterocycles. The summed E-state index contributed by atoms with van der Waals surface area (Å²) in [5.41, 5.74) is -0.0513. The molecule has 2 rings (SSSR count). The van der Waals surface area contributed by atoms with E-state index < -0.39 is 0 Å². The Hall–Kier alpha value is -1.30. The zero-order valence-electron chi connectivity index (χ0n) is 15.0. The molecule has 5 nitrogen and oxygen atoms in total. The van der Waals surface area contributed by atoms with Gasteiger partial charge in [0.2, 0.25) is 0 Å². The monoisotopic (exact) mass is 385 g/mol. The average Bonchev–Trinajstić information content (AvgIpc) is 2.56. The lowest BCUT2D eigenvalue weighted by atomic mass is 10.2. The molecule has 1 N–H and O–H groups in total. The third-order valence-electron chi connectivity index (χ3n) is 4.08. The van der Waals surface area contributed by atoms with Gasteiger partial charge in [-0.25, -0.2) is 4.98 Å². The molecule has 7 heteroatoms. The van der Waals surface area contributed by atoms with E-state index in [1.807, 2.05) is 6.92 Å². The molecule has 0 spiro atoms. The number of fused-ring (bicyclic) bond motifs is 1. The number of aromatic hydroxyl groups is 1. The Kier molecular flexibility index (Phi) is 7.11. The number of benzene rings is 1. The average molecular weight is 386 g/mol. The predicted molar refractivity (Wildman–Crippen MR) is 104 cm³/mol. The highest BCUT2D eigenvalue weighted by molar-refractivity contribution is 6.39. The van der Waals surface area contributed by atoms with Gasteiger partial charge >= 0.3 is 0 Å². The van der Waals surface area contributed by atoms with Crippen molar-refractivity contribution in [2.24, 2.45) is 0 Å². The van der Waals surface area contributed by atoms with Crippen LogP contribution in [0.25, 0.3) is 10.9 Å². The molecular formula is C18H25Cl2N3O2. The number of phenolic OH excluding ortho intramolecular Hbond substituents is 1. The van der Waals surface area contributed by atoms with Crippen molar-refractivity contribution in [3.63, 3.8) is 0 Å². The van der Waals surface area contributed by atoms with Crippen LogP contribution in [0.15, 0.2) is 10.9 Å². The highest BCUT2D eigenvalue weighted by Crippen LogP contribution is 2.34. The molecule has 0 amide bonds. The highest BCUT2D eigenvalue weighted by atomic mass is 35.5. The lowest BCUT2D eigenvalue weighted by Crippen LogP contribution is -2.32. The summed E-state index contributed by atoms with van der Waals surface area (Å²) in [4.78, 5) is 19.8. The smallest absolute Gasteiger partial charge is 0.263 e. The number of nitrogens with zero attached hydrogens (tertiary/aromatic N) is 3. The summed E-state index contributed by atoms with van der Waals surface area (Å²) in [6, 6.07) is 1.39. The summed E-state index contributed by atoms with van der Waals surface area (Å²) in [6.07, 6.45) is 2.85. The third-order valence-corrected chi connectivity index (χ3v) is 4.67. The number of hydrogen-bond acceptors (Lipinski definition) is 4. The molecule has 1 aromatic carbocycles. The molecule has 0 aliphatic heterocycles. The van der Waals surface area contributed by atoms with Crippen LogP contribution in [-0.4, -0.2) is 32.6 Å². The second-order valence-electron chi connectivity index (χ2n) is 6.17. The molecular weight excluding hydrogens is 361 g/mol. The molecule has 138 valence electrons. The minimum Gasteiger partial charge on any atom is -0.504 e. The minimum absolute atomic E-state index is 0.0996. The quantitative estimate of drug-likeness (QED) is 0.729. The molecule has 0 unspecified atom stereocenters. The standard InChI is InChI=1S/C18H25Cl2N3O2/c1-4-7-22(8-5-2)11-14-21-16-15(18(25)23(14)9-6-3)12(19)10-13(20)17(16)24/h10,24H,4-9,11H2,1-3H3. The van der Waals surface area contributed by atoms with Crippen molar-refractivity contribution < 1.29 is 5.11 Å². The van der Waals surface area contributed by atoms with E-state index in [9.17, 15) is 9.90 Å². The van der Waals surface area contributed by atoms with Crippen LogP contribution in [0.1, 0.15) is 45.9 Å². The molecule has 1 heterocycles. The maximum atomic E-state index is 13.0. The van der Waals surface area contributed by atoms with Crippen LogP contribution >= 0.6 is 23.2 Å². The van der Waals surface area contributed by atoms with Gasteiger partial charge in [-0.1, -0.05) is 44.0 Å². The Labute approximate surface area is 158 Å². The van der Waals surface area contributed by atoms with Gasteiger partial charge in [0.25, 0.3) is 5.56 Å². The van der Waals surface area contributed by atoms with Crippen molar-refractivity contribution in [1.29, 1.82) is 0 Å². The van der Waals surface area contributed by atoms with Gasteiger partial charge in [-0.3, -0.25) is 14.3 Å². The normalized spacial score (nSPS) is 11.6. The molecule has 0 saturated carbocycles. The first-order valence-corrected chi connectivity index (χ1v) is 9.52. The van der Waals surface area contributed by atoms with Gasteiger partial charge < -0.3 is 5.11 Å².